The molecule has 0 atom stereocenters. The lowest BCUT2D eigenvalue weighted by Gasteiger charge is -2.12. The van der Waals surface area contributed by atoms with Crippen molar-refractivity contribution in [2.45, 2.75) is 6.18 Å². The third-order valence-corrected chi connectivity index (χ3v) is 4.39. The monoisotopic (exact) mass is 395 g/mol. The number of rotatable bonds is 3. The number of benzene rings is 2. The minimum absolute atomic E-state index is 0.155. The van der Waals surface area contributed by atoms with Crippen LogP contribution in [-0.4, -0.2) is 9.79 Å². The molecular formula is C13H10BrF3NO3P. The number of hydrogen-bond donors (Lipinski definition) is 3. The van der Waals surface area contributed by atoms with Gasteiger partial charge in [-0.2, -0.15) is 13.2 Å². The fraction of sp³-hybridized carbons (Fsp3) is 0.0769. The summed E-state index contributed by atoms with van der Waals surface area (Å²) in [4.78, 5) is 18.1. The van der Waals surface area contributed by atoms with Gasteiger partial charge in [-0.25, -0.2) is 0 Å². The van der Waals surface area contributed by atoms with Crippen molar-refractivity contribution in [2.24, 2.45) is 0 Å². The molecule has 3 N–H and O–H groups in total. The third-order valence-electron chi connectivity index (χ3n) is 2.78. The molecule has 0 amide bonds. The molecule has 22 heavy (non-hydrogen) atoms. The van der Waals surface area contributed by atoms with E-state index >= 15 is 0 Å². The highest BCUT2D eigenvalue weighted by Crippen LogP contribution is 2.36. The van der Waals surface area contributed by atoms with Crippen LogP contribution in [0.3, 0.4) is 0 Å². The Bertz CT molecular complexity index is 728. The van der Waals surface area contributed by atoms with Gasteiger partial charge >= 0.3 is 13.8 Å². The summed E-state index contributed by atoms with van der Waals surface area (Å²) >= 11 is 3.16. The summed E-state index contributed by atoms with van der Waals surface area (Å²) in [7, 11) is -4.36. The molecule has 2 rings (SSSR count). The molecule has 0 spiro atoms. The summed E-state index contributed by atoms with van der Waals surface area (Å²) in [6, 6.07) is 8.36. The van der Waals surface area contributed by atoms with Crippen molar-refractivity contribution in [3.63, 3.8) is 0 Å². The van der Waals surface area contributed by atoms with E-state index in [-0.39, 0.29) is 5.30 Å². The maximum atomic E-state index is 12.5. The van der Waals surface area contributed by atoms with E-state index in [4.69, 9.17) is 9.79 Å². The second kappa shape index (κ2) is 6.04. The van der Waals surface area contributed by atoms with Crippen LogP contribution in [0.15, 0.2) is 46.9 Å². The average molecular weight is 396 g/mol. The first-order valence-electron chi connectivity index (χ1n) is 5.87. The van der Waals surface area contributed by atoms with Crippen LogP contribution in [0.4, 0.5) is 24.5 Å². The van der Waals surface area contributed by atoms with E-state index in [1.165, 1.54) is 30.3 Å². The quantitative estimate of drug-likeness (QED) is 0.686. The van der Waals surface area contributed by atoms with Crippen LogP contribution < -0.4 is 10.6 Å². The van der Waals surface area contributed by atoms with E-state index in [1.54, 1.807) is 0 Å². The lowest BCUT2D eigenvalue weighted by atomic mass is 10.2. The van der Waals surface area contributed by atoms with Gasteiger partial charge < -0.3 is 15.1 Å². The number of halogens is 4. The van der Waals surface area contributed by atoms with Gasteiger partial charge in [0.15, 0.2) is 0 Å². The predicted octanol–water partition coefficient (Wildman–Crippen LogP) is 4.01. The van der Waals surface area contributed by atoms with E-state index in [2.05, 4.69) is 21.2 Å². The third kappa shape index (κ3) is 4.10. The Labute approximate surface area is 132 Å². The average Bonchev–Trinajstić information content (AvgIpc) is 2.39. The lowest BCUT2D eigenvalue weighted by Crippen LogP contribution is -2.05. The summed E-state index contributed by atoms with van der Waals surface area (Å²) < 4.78 is 48.9. The van der Waals surface area contributed by atoms with Crippen molar-refractivity contribution >= 4 is 40.2 Å². The van der Waals surface area contributed by atoms with Crippen LogP contribution in [0.5, 0.6) is 0 Å². The van der Waals surface area contributed by atoms with Crippen LogP contribution in [0.25, 0.3) is 0 Å². The molecule has 0 saturated carbocycles. The molecule has 0 unspecified atom stereocenters. The zero-order valence-electron chi connectivity index (χ0n) is 10.8. The van der Waals surface area contributed by atoms with E-state index in [0.29, 0.717) is 15.8 Å². The molecule has 0 saturated heterocycles. The minimum atomic E-state index is -4.40. The molecule has 2 aromatic rings. The first-order valence-corrected chi connectivity index (χ1v) is 8.28. The topological polar surface area (TPSA) is 69.6 Å². The van der Waals surface area contributed by atoms with E-state index in [9.17, 15) is 17.7 Å². The van der Waals surface area contributed by atoms with Crippen LogP contribution in [-0.2, 0) is 10.7 Å². The Kier molecular flexibility index (Phi) is 4.67. The highest BCUT2D eigenvalue weighted by atomic mass is 79.9. The molecule has 0 fully saturated rings. The van der Waals surface area contributed by atoms with Crippen LogP contribution in [0.2, 0.25) is 0 Å². The summed E-state index contributed by atoms with van der Waals surface area (Å²) in [5, 5.41) is 2.71. The second-order valence-electron chi connectivity index (χ2n) is 4.41. The van der Waals surface area contributed by atoms with Gasteiger partial charge in [-0.05, 0) is 58.4 Å². The molecule has 0 radical (unpaired) electrons. The predicted molar refractivity (Wildman–Crippen MR) is 80.5 cm³/mol. The number of hydrogen-bond acceptors (Lipinski definition) is 2. The Morgan fingerprint density at radius 2 is 1.64 bits per heavy atom. The molecule has 0 aliphatic carbocycles. The van der Waals surface area contributed by atoms with Crippen LogP contribution in [0, 0.1) is 0 Å². The number of alkyl halides is 3. The van der Waals surface area contributed by atoms with Gasteiger partial charge in [-0.15, -0.1) is 0 Å². The molecule has 0 aromatic heterocycles. The van der Waals surface area contributed by atoms with Gasteiger partial charge in [-0.1, -0.05) is 0 Å². The minimum Gasteiger partial charge on any atom is -0.355 e. The van der Waals surface area contributed by atoms with Gasteiger partial charge in [0.05, 0.1) is 16.6 Å². The maximum absolute atomic E-state index is 12.5. The van der Waals surface area contributed by atoms with Crippen molar-refractivity contribution in [1.29, 1.82) is 0 Å². The Morgan fingerprint density at radius 3 is 2.09 bits per heavy atom. The number of anilines is 2. The highest BCUT2D eigenvalue weighted by molar-refractivity contribution is 9.10. The van der Waals surface area contributed by atoms with Crippen molar-refractivity contribution in [3.8, 4) is 0 Å². The SMILES string of the molecule is O=P(O)(O)c1ccc(Nc2ccc(C(F)(F)F)cc2)c(Br)c1. The zero-order chi connectivity index (χ0) is 16.5. The fourth-order valence-corrected chi connectivity index (χ4v) is 2.91. The fourth-order valence-electron chi connectivity index (χ4n) is 1.68. The smallest absolute Gasteiger partial charge is 0.355 e. The van der Waals surface area contributed by atoms with Gasteiger partial charge in [0, 0.05) is 10.2 Å². The first kappa shape index (κ1) is 17.0. The first-order chi connectivity index (χ1) is 10.1. The number of nitrogens with one attached hydrogen (secondary N) is 1. The molecule has 0 aliphatic rings. The standard InChI is InChI=1S/C13H10BrF3NO3P/c14-11-7-10(22(19,20)21)5-6-12(11)18-9-3-1-8(2-4-9)13(15,16)17/h1-7,18H,(H2,19,20,21). The van der Waals surface area contributed by atoms with Crippen molar-refractivity contribution in [1.82, 2.24) is 0 Å². The van der Waals surface area contributed by atoms with E-state index < -0.39 is 19.3 Å². The summed E-state index contributed by atoms with van der Waals surface area (Å²) in [6.07, 6.45) is -4.40. The summed E-state index contributed by atoms with van der Waals surface area (Å²) in [6.45, 7) is 0. The Morgan fingerprint density at radius 1 is 1.05 bits per heavy atom. The largest absolute Gasteiger partial charge is 0.416 e. The molecule has 118 valence electrons. The molecule has 9 heteroatoms. The van der Waals surface area contributed by atoms with Gasteiger partial charge in [0.2, 0.25) is 0 Å². The normalized spacial score (nSPS) is 12.3. The molecule has 2 aromatic carbocycles. The van der Waals surface area contributed by atoms with Crippen molar-refractivity contribution in [3.05, 3.63) is 52.5 Å². The molecule has 4 nitrogen and oxygen atoms in total. The van der Waals surface area contributed by atoms with Crippen LogP contribution >= 0.6 is 23.5 Å². The molecular weight excluding hydrogens is 386 g/mol. The van der Waals surface area contributed by atoms with Gasteiger partial charge in [-0.3, -0.25) is 4.57 Å². The maximum Gasteiger partial charge on any atom is 0.416 e. The van der Waals surface area contributed by atoms with Crippen LogP contribution in [0.1, 0.15) is 5.56 Å². The second-order valence-corrected chi connectivity index (χ2v) is 6.87. The van der Waals surface area contributed by atoms with Crippen molar-refractivity contribution < 1.29 is 27.5 Å². The van der Waals surface area contributed by atoms with Gasteiger partial charge in [0.25, 0.3) is 0 Å². The Hall–Kier alpha value is -1.34. The van der Waals surface area contributed by atoms with E-state index in [1.807, 2.05) is 0 Å². The Balaban J connectivity index is 2.23. The lowest BCUT2D eigenvalue weighted by molar-refractivity contribution is -0.137. The molecule has 0 heterocycles. The summed E-state index contributed by atoms with van der Waals surface area (Å²) in [5.74, 6) is 0. The highest BCUT2D eigenvalue weighted by Gasteiger charge is 2.29. The van der Waals surface area contributed by atoms with Gasteiger partial charge in [0.1, 0.15) is 0 Å². The zero-order valence-corrected chi connectivity index (χ0v) is 13.3. The van der Waals surface area contributed by atoms with E-state index in [0.717, 1.165) is 12.1 Å². The summed E-state index contributed by atoms with van der Waals surface area (Å²) in [5.41, 5.74) is 0.128. The molecule has 0 bridgehead atoms. The molecule has 0 aliphatic heterocycles. The van der Waals surface area contributed by atoms with Crippen molar-refractivity contribution in [2.75, 3.05) is 5.32 Å².